The zero-order valence-corrected chi connectivity index (χ0v) is 29.4. The Morgan fingerprint density at radius 1 is 0.755 bits per heavy atom. The van der Waals surface area contributed by atoms with E-state index in [1.165, 1.54) is 0 Å². The molecule has 1 atom stereocenters. The van der Waals surface area contributed by atoms with E-state index in [-0.39, 0.29) is 18.9 Å². The summed E-state index contributed by atoms with van der Waals surface area (Å²) >= 11 is 6.06. The first kappa shape index (κ1) is 35.2. The Morgan fingerprint density at radius 3 is 1.87 bits per heavy atom. The number of hydrogen-bond acceptors (Lipinski definition) is 5. The first-order chi connectivity index (χ1) is 25.9. The Bertz CT molecular complexity index is 2060. The molecule has 53 heavy (non-hydrogen) atoms. The Hall–Kier alpha value is -6.23. The predicted octanol–water partition coefficient (Wildman–Crippen LogP) is 7.11. The van der Waals surface area contributed by atoms with Crippen LogP contribution < -0.4 is 20.9 Å². The third-order valence-electron chi connectivity index (χ3n) is 9.22. The molecule has 5 aromatic carbocycles. The molecule has 1 aromatic heterocycles. The zero-order chi connectivity index (χ0) is 36.6. The predicted molar refractivity (Wildman–Crippen MR) is 206 cm³/mol. The molecule has 0 spiro atoms. The fourth-order valence-electron chi connectivity index (χ4n) is 6.75. The highest BCUT2D eigenvalue weighted by atomic mass is 35.5. The lowest BCUT2D eigenvalue weighted by atomic mass is 9.76. The number of aromatic nitrogens is 2. The quantitative estimate of drug-likeness (QED) is 0.123. The van der Waals surface area contributed by atoms with Gasteiger partial charge in [0.15, 0.2) is 0 Å². The molecule has 10 nitrogen and oxygen atoms in total. The van der Waals surface area contributed by atoms with Crippen LogP contribution in [-0.2, 0) is 26.3 Å². The Morgan fingerprint density at radius 2 is 1.30 bits per heavy atom. The number of halogens is 1. The summed E-state index contributed by atoms with van der Waals surface area (Å²) in [6, 6.07) is 42.6. The summed E-state index contributed by atoms with van der Waals surface area (Å²) in [5, 5.41) is 9.21. The molecule has 6 aromatic rings. The number of morpholine rings is 1. The van der Waals surface area contributed by atoms with E-state index < -0.39 is 23.5 Å². The first-order valence-electron chi connectivity index (χ1n) is 17.2. The Balaban J connectivity index is 1.25. The lowest BCUT2D eigenvalue weighted by Gasteiger charge is -2.39. The number of amides is 4. The van der Waals surface area contributed by atoms with Crippen molar-refractivity contribution in [1.29, 1.82) is 0 Å². The highest BCUT2D eigenvalue weighted by molar-refractivity contribution is 6.30. The zero-order valence-electron chi connectivity index (χ0n) is 28.7. The maximum Gasteiger partial charge on any atom is 0.319 e. The molecule has 7 rings (SSSR count). The van der Waals surface area contributed by atoms with Crippen molar-refractivity contribution < 1.29 is 19.1 Å². The standard InChI is InChI=1S/C42H37ClN6O4/c43-33-16-18-35(19-17-33)46-41(52)47-38(40(51)45-34-20-22-36(23-21-34)48-24-25-53-28-39(48)50)26-37-27-44-29-49(37)42(30-10-4-1-5-11-30,31-12-6-2-7-13-31)32-14-8-3-9-15-32/h1-23,27,29,38H,24-26,28H2,(H,45,51)(H2,46,47,52)/t38-/m1/s1. The van der Waals surface area contributed by atoms with E-state index in [1.807, 2.05) is 54.6 Å². The summed E-state index contributed by atoms with van der Waals surface area (Å²) in [6.45, 7) is 0.927. The molecular formula is C42H37ClN6O4. The monoisotopic (exact) mass is 724 g/mol. The average molecular weight is 725 g/mol. The minimum absolute atomic E-state index is 0.0284. The van der Waals surface area contributed by atoms with E-state index >= 15 is 0 Å². The number of urea groups is 1. The van der Waals surface area contributed by atoms with Gasteiger partial charge in [-0.2, -0.15) is 0 Å². The van der Waals surface area contributed by atoms with Crippen LogP contribution in [0, 0.1) is 0 Å². The smallest absolute Gasteiger partial charge is 0.319 e. The summed E-state index contributed by atoms with van der Waals surface area (Å²) in [7, 11) is 0. The third kappa shape index (κ3) is 7.69. The van der Waals surface area contributed by atoms with Crippen molar-refractivity contribution in [2.24, 2.45) is 0 Å². The van der Waals surface area contributed by atoms with Gasteiger partial charge in [0.2, 0.25) is 5.91 Å². The summed E-state index contributed by atoms with van der Waals surface area (Å²) in [5.74, 6) is -0.567. The van der Waals surface area contributed by atoms with Crippen molar-refractivity contribution in [3.63, 3.8) is 0 Å². The Kier molecular flexibility index (Phi) is 10.6. The minimum atomic E-state index is -1.04. The largest absolute Gasteiger partial charge is 0.370 e. The van der Waals surface area contributed by atoms with Gasteiger partial charge < -0.3 is 30.2 Å². The van der Waals surface area contributed by atoms with E-state index in [2.05, 4.69) is 61.9 Å². The van der Waals surface area contributed by atoms with Crippen LogP contribution in [-0.4, -0.2) is 53.2 Å². The minimum Gasteiger partial charge on any atom is -0.370 e. The number of anilines is 3. The van der Waals surface area contributed by atoms with Crippen molar-refractivity contribution in [3.8, 4) is 0 Å². The molecule has 2 heterocycles. The lowest BCUT2D eigenvalue weighted by molar-refractivity contribution is -0.125. The van der Waals surface area contributed by atoms with Gasteiger partial charge in [0, 0.05) is 46.9 Å². The summed E-state index contributed by atoms with van der Waals surface area (Å²) in [4.78, 5) is 46.4. The number of nitrogens with zero attached hydrogens (tertiary/aromatic N) is 3. The van der Waals surface area contributed by atoms with E-state index in [1.54, 1.807) is 66.0 Å². The molecule has 1 saturated heterocycles. The molecule has 266 valence electrons. The highest BCUT2D eigenvalue weighted by Gasteiger charge is 2.40. The third-order valence-corrected chi connectivity index (χ3v) is 9.47. The molecule has 11 heteroatoms. The number of benzene rings is 5. The summed E-state index contributed by atoms with van der Waals surface area (Å²) < 4.78 is 7.34. The van der Waals surface area contributed by atoms with E-state index in [0.29, 0.717) is 40.9 Å². The summed E-state index contributed by atoms with van der Waals surface area (Å²) in [5.41, 5.74) is 4.52. The molecular weight excluding hydrogens is 688 g/mol. The molecule has 0 saturated carbocycles. The van der Waals surface area contributed by atoms with Gasteiger partial charge in [-0.1, -0.05) is 103 Å². The normalized spacial score (nSPS) is 13.6. The van der Waals surface area contributed by atoms with Gasteiger partial charge in [-0.15, -0.1) is 0 Å². The van der Waals surface area contributed by atoms with Gasteiger partial charge in [0.05, 0.1) is 12.9 Å². The maximum absolute atomic E-state index is 14.2. The van der Waals surface area contributed by atoms with Crippen LogP contribution in [0.3, 0.4) is 0 Å². The molecule has 1 fully saturated rings. The molecule has 0 aliphatic carbocycles. The summed E-state index contributed by atoms with van der Waals surface area (Å²) in [6.07, 6.45) is 3.60. The van der Waals surface area contributed by atoms with Gasteiger partial charge in [0.1, 0.15) is 18.2 Å². The van der Waals surface area contributed by atoms with Crippen molar-refractivity contribution in [2.75, 3.05) is 35.3 Å². The van der Waals surface area contributed by atoms with Crippen LogP contribution in [0.25, 0.3) is 0 Å². The Labute approximate surface area is 312 Å². The van der Waals surface area contributed by atoms with Crippen molar-refractivity contribution in [3.05, 3.63) is 179 Å². The van der Waals surface area contributed by atoms with E-state index in [0.717, 1.165) is 16.7 Å². The maximum atomic E-state index is 14.2. The molecule has 1 aliphatic heterocycles. The molecule has 1 aliphatic rings. The first-order valence-corrected chi connectivity index (χ1v) is 17.6. The number of carbonyl (C=O) groups excluding carboxylic acids is 3. The number of carbonyl (C=O) groups is 3. The van der Waals surface area contributed by atoms with Crippen LogP contribution in [0.2, 0.25) is 5.02 Å². The highest BCUT2D eigenvalue weighted by Crippen LogP contribution is 2.41. The van der Waals surface area contributed by atoms with Gasteiger partial charge in [-0.3, -0.25) is 9.59 Å². The number of hydrogen-bond donors (Lipinski definition) is 3. The van der Waals surface area contributed by atoms with E-state index in [9.17, 15) is 14.4 Å². The number of nitrogens with one attached hydrogen (secondary N) is 3. The van der Waals surface area contributed by atoms with Crippen molar-refractivity contribution >= 4 is 46.5 Å². The van der Waals surface area contributed by atoms with Crippen LogP contribution in [0.5, 0.6) is 0 Å². The second-order valence-corrected chi connectivity index (χ2v) is 13.0. The fourth-order valence-corrected chi connectivity index (χ4v) is 6.88. The van der Waals surface area contributed by atoms with Gasteiger partial charge in [-0.25, -0.2) is 9.78 Å². The SMILES string of the molecule is O=C(Nc1ccc(Cl)cc1)N[C@H](Cc1cncn1C(c1ccccc1)(c1ccccc1)c1ccccc1)C(=O)Nc1ccc(N2CCOCC2=O)cc1. The molecule has 0 radical (unpaired) electrons. The molecule has 3 N–H and O–H groups in total. The molecule has 0 unspecified atom stereocenters. The van der Waals surface area contributed by atoms with Crippen LogP contribution in [0.1, 0.15) is 22.4 Å². The van der Waals surface area contributed by atoms with Crippen LogP contribution in [0.15, 0.2) is 152 Å². The van der Waals surface area contributed by atoms with Gasteiger partial charge >= 0.3 is 6.03 Å². The van der Waals surface area contributed by atoms with Gasteiger partial charge in [0.25, 0.3) is 5.91 Å². The fraction of sp³-hybridized carbons (Fsp3) is 0.143. The molecule has 0 bridgehead atoms. The molecule has 4 amide bonds. The number of ether oxygens (including phenoxy) is 1. The second-order valence-electron chi connectivity index (χ2n) is 12.6. The van der Waals surface area contributed by atoms with Crippen molar-refractivity contribution in [2.45, 2.75) is 18.0 Å². The topological polar surface area (TPSA) is 118 Å². The lowest BCUT2D eigenvalue weighted by Crippen LogP contribution is -2.48. The number of imidazole rings is 1. The van der Waals surface area contributed by atoms with E-state index in [4.69, 9.17) is 16.3 Å². The van der Waals surface area contributed by atoms with Gasteiger partial charge in [-0.05, 0) is 65.2 Å². The average Bonchev–Trinajstić information content (AvgIpc) is 3.66. The van der Waals surface area contributed by atoms with Crippen molar-refractivity contribution in [1.82, 2.24) is 14.9 Å². The van der Waals surface area contributed by atoms with Crippen LogP contribution >= 0.6 is 11.6 Å². The second kappa shape index (κ2) is 16.0. The van der Waals surface area contributed by atoms with Crippen LogP contribution in [0.4, 0.5) is 21.9 Å². The number of rotatable bonds is 11.